The molecule has 0 saturated carbocycles. The summed E-state index contributed by atoms with van der Waals surface area (Å²) in [6, 6.07) is 12.1. The van der Waals surface area contributed by atoms with Crippen molar-refractivity contribution in [3.05, 3.63) is 42.1 Å². The average molecular weight is 225 g/mol. The Hall–Kier alpha value is -1.89. The van der Waals surface area contributed by atoms with Crippen LogP contribution in [0.1, 0.15) is 24.6 Å². The maximum atomic E-state index is 5.53. The van der Waals surface area contributed by atoms with Crippen molar-refractivity contribution in [2.24, 2.45) is 5.84 Å². The van der Waals surface area contributed by atoms with Crippen LogP contribution < -0.4 is 11.3 Å². The van der Waals surface area contributed by atoms with Gasteiger partial charge in [0.25, 0.3) is 0 Å². The Kier molecular flexibility index (Phi) is 3.71. The lowest BCUT2D eigenvalue weighted by molar-refractivity contribution is 0.513. The van der Waals surface area contributed by atoms with Crippen LogP contribution in [0.15, 0.2) is 36.4 Å². The van der Waals surface area contributed by atoms with E-state index in [1.807, 2.05) is 30.3 Å². The normalized spacial score (nSPS) is 12.2. The van der Waals surface area contributed by atoms with Gasteiger partial charge in [-0.3, -0.25) is 16.3 Å². The van der Waals surface area contributed by atoms with Crippen LogP contribution in [-0.2, 0) is 0 Å². The summed E-state index contributed by atoms with van der Waals surface area (Å²) in [5, 5.41) is 1.13. The summed E-state index contributed by atoms with van der Waals surface area (Å²) < 4.78 is 0. The first-order chi connectivity index (χ1) is 8.35. The summed E-state index contributed by atoms with van der Waals surface area (Å²) in [5.41, 5.74) is 4.67. The highest BCUT2D eigenvalue weighted by Gasteiger charge is 2.10. The third-order valence-electron chi connectivity index (χ3n) is 2.76. The number of nitrogens with zero attached hydrogens (tertiary/aromatic N) is 1. The highest BCUT2D eigenvalue weighted by molar-refractivity contribution is 5.78. The van der Waals surface area contributed by atoms with Crippen molar-refractivity contribution in [1.29, 1.82) is 0 Å². The molecule has 0 saturated heterocycles. The van der Waals surface area contributed by atoms with Crippen molar-refractivity contribution in [3.63, 3.8) is 0 Å². The van der Waals surface area contributed by atoms with Gasteiger partial charge < -0.3 is 0 Å². The highest BCUT2D eigenvalue weighted by atomic mass is 15.2. The van der Waals surface area contributed by atoms with Crippen LogP contribution in [0.5, 0.6) is 0 Å². The predicted octanol–water partition coefficient (Wildman–Crippen LogP) is 2.15. The summed E-state index contributed by atoms with van der Waals surface area (Å²) in [6.45, 7) is 0. The smallest absolute Gasteiger partial charge is 0.0706 e. The van der Waals surface area contributed by atoms with Gasteiger partial charge in [-0.15, -0.1) is 12.3 Å². The molecule has 3 heteroatoms. The van der Waals surface area contributed by atoms with E-state index in [4.69, 9.17) is 12.3 Å². The molecule has 1 aromatic carbocycles. The van der Waals surface area contributed by atoms with E-state index in [1.54, 1.807) is 0 Å². The molecule has 2 aromatic rings. The Morgan fingerprint density at radius 1 is 1.29 bits per heavy atom. The van der Waals surface area contributed by atoms with E-state index in [2.05, 4.69) is 22.4 Å². The molecule has 1 atom stereocenters. The minimum absolute atomic E-state index is 0.00987. The van der Waals surface area contributed by atoms with Crippen molar-refractivity contribution in [2.45, 2.75) is 18.9 Å². The maximum Gasteiger partial charge on any atom is 0.0706 e. The fourth-order valence-electron chi connectivity index (χ4n) is 1.82. The summed E-state index contributed by atoms with van der Waals surface area (Å²) in [5.74, 6) is 8.15. The molecule has 0 amide bonds. The van der Waals surface area contributed by atoms with Gasteiger partial charge in [0.2, 0.25) is 0 Å². The minimum atomic E-state index is 0.00987. The predicted molar refractivity (Wildman–Crippen MR) is 69.9 cm³/mol. The zero-order chi connectivity index (χ0) is 12.1. The first-order valence-corrected chi connectivity index (χ1v) is 5.60. The van der Waals surface area contributed by atoms with Gasteiger partial charge in [0, 0.05) is 11.8 Å². The number of hydrazine groups is 1. The van der Waals surface area contributed by atoms with E-state index in [1.165, 1.54) is 0 Å². The number of terminal acetylenes is 1. The minimum Gasteiger partial charge on any atom is -0.271 e. The molecule has 3 N–H and O–H groups in total. The highest BCUT2D eigenvalue weighted by Crippen LogP contribution is 2.19. The molecule has 1 aromatic heterocycles. The summed E-state index contributed by atoms with van der Waals surface area (Å²) in [7, 11) is 0. The molecule has 3 nitrogen and oxygen atoms in total. The number of nitrogens with two attached hydrogens (primary N) is 1. The molecule has 17 heavy (non-hydrogen) atoms. The average Bonchev–Trinajstić information content (AvgIpc) is 2.39. The number of benzene rings is 1. The Morgan fingerprint density at radius 2 is 2.12 bits per heavy atom. The Morgan fingerprint density at radius 3 is 2.88 bits per heavy atom. The van der Waals surface area contributed by atoms with Crippen LogP contribution >= 0.6 is 0 Å². The van der Waals surface area contributed by atoms with Crippen molar-refractivity contribution >= 4 is 10.9 Å². The van der Waals surface area contributed by atoms with E-state index >= 15 is 0 Å². The Bertz CT molecular complexity index is 542. The standard InChI is InChI=1S/C14H15N3/c1-2-3-7-14(17-15)13-10-9-11-6-4-5-8-12(11)16-13/h1,4-6,8-10,14,17H,3,7,15H2. The van der Waals surface area contributed by atoms with Gasteiger partial charge in [-0.1, -0.05) is 24.3 Å². The zero-order valence-electron chi connectivity index (χ0n) is 9.56. The van der Waals surface area contributed by atoms with Gasteiger partial charge in [-0.25, -0.2) is 0 Å². The number of para-hydroxylation sites is 1. The first-order valence-electron chi connectivity index (χ1n) is 5.60. The van der Waals surface area contributed by atoms with E-state index in [0.29, 0.717) is 6.42 Å². The number of aromatic nitrogens is 1. The van der Waals surface area contributed by atoms with E-state index < -0.39 is 0 Å². The van der Waals surface area contributed by atoms with Crippen molar-refractivity contribution in [2.75, 3.05) is 0 Å². The third-order valence-corrected chi connectivity index (χ3v) is 2.76. The lowest BCUT2D eigenvalue weighted by Gasteiger charge is -2.14. The molecule has 0 fully saturated rings. The molecule has 0 aliphatic rings. The van der Waals surface area contributed by atoms with E-state index in [-0.39, 0.29) is 6.04 Å². The summed E-state index contributed by atoms with van der Waals surface area (Å²) >= 11 is 0. The van der Waals surface area contributed by atoms with Gasteiger partial charge in [-0.05, 0) is 18.6 Å². The van der Waals surface area contributed by atoms with E-state index in [9.17, 15) is 0 Å². The maximum absolute atomic E-state index is 5.53. The Balaban J connectivity index is 2.31. The lowest BCUT2D eigenvalue weighted by atomic mass is 10.1. The van der Waals surface area contributed by atoms with Crippen LogP contribution in [0.4, 0.5) is 0 Å². The molecule has 0 aliphatic carbocycles. The van der Waals surface area contributed by atoms with Crippen molar-refractivity contribution in [1.82, 2.24) is 10.4 Å². The molecule has 86 valence electrons. The molecule has 0 radical (unpaired) electrons. The number of pyridine rings is 1. The van der Waals surface area contributed by atoms with Crippen LogP contribution in [0.3, 0.4) is 0 Å². The number of fused-ring (bicyclic) bond motifs is 1. The molecule has 1 heterocycles. The monoisotopic (exact) mass is 225 g/mol. The van der Waals surface area contributed by atoms with Crippen LogP contribution in [-0.4, -0.2) is 4.98 Å². The second-order valence-electron chi connectivity index (χ2n) is 3.89. The Labute approximate surface area is 101 Å². The molecular formula is C14H15N3. The molecular weight excluding hydrogens is 210 g/mol. The van der Waals surface area contributed by atoms with Crippen LogP contribution in [0.2, 0.25) is 0 Å². The zero-order valence-corrected chi connectivity index (χ0v) is 9.56. The van der Waals surface area contributed by atoms with Crippen molar-refractivity contribution in [3.8, 4) is 12.3 Å². The van der Waals surface area contributed by atoms with E-state index in [0.717, 1.165) is 23.0 Å². The molecule has 0 bridgehead atoms. The second kappa shape index (κ2) is 5.44. The molecule has 1 unspecified atom stereocenters. The fourth-order valence-corrected chi connectivity index (χ4v) is 1.82. The summed E-state index contributed by atoms with van der Waals surface area (Å²) in [6.07, 6.45) is 6.74. The summed E-state index contributed by atoms with van der Waals surface area (Å²) in [4.78, 5) is 4.59. The first kappa shape index (κ1) is 11.6. The number of rotatable bonds is 4. The quantitative estimate of drug-likeness (QED) is 0.476. The molecule has 0 aliphatic heterocycles. The molecule has 0 spiro atoms. The number of nitrogens with one attached hydrogen (secondary N) is 1. The van der Waals surface area contributed by atoms with Gasteiger partial charge in [0.1, 0.15) is 0 Å². The number of hydrogen-bond donors (Lipinski definition) is 2. The lowest BCUT2D eigenvalue weighted by Crippen LogP contribution is -2.28. The van der Waals surface area contributed by atoms with Gasteiger partial charge in [0.15, 0.2) is 0 Å². The third kappa shape index (κ3) is 2.62. The van der Waals surface area contributed by atoms with Gasteiger partial charge in [0.05, 0.1) is 17.3 Å². The van der Waals surface area contributed by atoms with Gasteiger partial charge in [-0.2, -0.15) is 0 Å². The topological polar surface area (TPSA) is 50.9 Å². The van der Waals surface area contributed by atoms with Crippen LogP contribution in [0.25, 0.3) is 10.9 Å². The SMILES string of the molecule is C#CCCC(NN)c1ccc2ccccc2n1. The van der Waals surface area contributed by atoms with Gasteiger partial charge >= 0.3 is 0 Å². The number of hydrogen-bond acceptors (Lipinski definition) is 3. The fraction of sp³-hybridized carbons (Fsp3) is 0.214. The van der Waals surface area contributed by atoms with Crippen molar-refractivity contribution < 1.29 is 0 Å². The second-order valence-corrected chi connectivity index (χ2v) is 3.89. The van der Waals surface area contributed by atoms with Crippen LogP contribution in [0, 0.1) is 12.3 Å². The molecule has 2 rings (SSSR count). The largest absolute Gasteiger partial charge is 0.271 e.